The fourth-order valence-electron chi connectivity index (χ4n) is 1.72. The molecule has 5 nitrogen and oxygen atoms in total. The van der Waals surface area contributed by atoms with Crippen molar-refractivity contribution in [3.05, 3.63) is 23.4 Å². The van der Waals surface area contributed by atoms with E-state index >= 15 is 0 Å². The lowest BCUT2D eigenvalue weighted by Gasteiger charge is -2.21. The number of hydrogen-bond acceptors (Lipinski definition) is 4. The Labute approximate surface area is 102 Å². The smallest absolute Gasteiger partial charge is 0.139 e. The number of nitrogens with two attached hydrogens (primary N) is 1. The first-order valence-corrected chi connectivity index (χ1v) is 5.58. The Balaban J connectivity index is 2.89. The van der Waals surface area contributed by atoms with Gasteiger partial charge < -0.3 is 15.4 Å². The fraction of sp³-hybridized carbons (Fsp3) is 0.500. The van der Waals surface area contributed by atoms with E-state index in [1.54, 1.807) is 13.3 Å². The monoisotopic (exact) mass is 236 g/mol. The van der Waals surface area contributed by atoms with Gasteiger partial charge in [0.2, 0.25) is 0 Å². The fourth-order valence-corrected chi connectivity index (χ4v) is 1.72. The third kappa shape index (κ3) is 3.42. The number of nitrogen functional groups attached to an aromatic ring is 1. The van der Waals surface area contributed by atoms with Crippen molar-refractivity contribution < 1.29 is 4.74 Å². The Morgan fingerprint density at radius 2 is 2.29 bits per heavy atom. The van der Waals surface area contributed by atoms with Crippen molar-refractivity contribution in [2.24, 2.45) is 5.73 Å². The number of hydrogen-bond donors (Lipinski definition) is 2. The zero-order valence-corrected chi connectivity index (χ0v) is 10.7. The van der Waals surface area contributed by atoms with Gasteiger partial charge in [-0.15, -0.1) is 0 Å². The van der Waals surface area contributed by atoms with Crippen LogP contribution in [-0.2, 0) is 4.74 Å². The molecule has 0 aliphatic carbocycles. The standard InChI is InChI=1S/C12H20N4O/c1-9-5-6-15-12(10(9)11(13)14)16(2)7-4-8-17-3/h5-6H,4,7-8H2,1-3H3,(H3,13,14). The maximum Gasteiger partial charge on any atom is 0.139 e. The highest BCUT2D eigenvalue weighted by Gasteiger charge is 2.13. The van der Waals surface area contributed by atoms with Crippen molar-refractivity contribution in [3.63, 3.8) is 0 Å². The van der Waals surface area contributed by atoms with E-state index in [1.165, 1.54) is 0 Å². The van der Waals surface area contributed by atoms with Gasteiger partial charge >= 0.3 is 0 Å². The minimum atomic E-state index is 0.0594. The lowest BCUT2D eigenvalue weighted by atomic mass is 10.1. The summed E-state index contributed by atoms with van der Waals surface area (Å²) < 4.78 is 5.02. The topological polar surface area (TPSA) is 75.2 Å². The van der Waals surface area contributed by atoms with Gasteiger partial charge in [0.15, 0.2) is 0 Å². The lowest BCUT2D eigenvalue weighted by molar-refractivity contribution is 0.196. The number of nitrogens with zero attached hydrogens (tertiary/aromatic N) is 2. The van der Waals surface area contributed by atoms with Crippen molar-refractivity contribution in [1.82, 2.24) is 4.98 Å². The molecule has 0 saturated heterocycles. The molecule has 0 aliphatic rings. The molecule has 0 spiro atoms. The van der Waals surface area contributed by atoms with Crippen LogP contribution < -0.4 is 10.6 Å². The van der Waals surface area contributed by atoms with E-state index in [2.05, 4.69) is 4.98 Å². The van der Waals surface area contributed by atoms with Crippen molar-refractivity contribution in [2.45, 2.75) is 13.3 Å². The van der Waals surface area contributed by atoms with Crippen LogP contribution in [0.1, 0.15) is 17.5 Å². The van der Waals surface area contributed by atoms with E-state index in [4.69, 9.17) is 15.9 Å². The van der Waals surface area contributed by atoms with Crippen LogP contribution in [0.2, 0.25) is 0 Å². The molecule has 94 valence electrons. The number of pyridine rings is 1. The van der Waals surface area contributed by atoms with Crippen LogP contribution in [0, 0.1) is 12.3 Å². The average Bonchev–Trinajstić information content (AvgIpc) is 2.28. The van der Waals surface area contributed by atoms with Gasteiger partial charge in [-0.25, -0.2) is 4.98 Å². The quantitative estimate of drug-likeness (QED) is 0.441. The zero-order valence-electron chi connectivity index (χ0n) is 10.7. The molecule has 0 bridgehead atoms. The molecule has 0 unspecified atom stereocenters. The van der Waals surface area contributed by atoms with Crippen LogP contribution in [0.4, 0.5) is 5.82 Å². The van der Waals surface area contributed by atoms with E-state index in [1.807, 2.05) is 24.9 Å². The average molecular weight is 236 g/mol. The number of rotatable bonds is 6. The largest absolute Gasteiger partial charge is 0.385 e. The Morgan fingerprint density at radius 3 is 2.88 bits per heavy atom. The summed E-state index contributed by atoms with van der Waals surface area (Å²) in [6, 6.07) is 1.86. The summed E-state index contributed by atoms with van der Waals surface area (Å²) in [4.78, 5) is 6.31. The van der Waals surface area contributed by atoms with Gasteiger partial charge in [-0.05, 0) is 25.0 Å². The SMILES string of the molecule is COCCCN(C)c1nccc(C)c1C(=N)N. The Hall–Kier alpha value is -1.62. The lowest BCUT2D eigenvalue weighted by Crippen LogP contribution is -2.26. The molecule has 1 aromatic heterocycles. The van der Waals surface area contributed by atoms with Gasteiger partial charge in [-0.2, -0.15) is 0 Å². The molecular formula is C12H20N4O. The van der Waals surface area contributed by atoms with E-state index in [0.29, 0.717) is 12.2 Å². The van der Waals surface area contributed by atoms with Crippen molar-refractivity contribution >= 4 is 11.7 Å². The van der Waals surface area contributed by atoms with Crippen LogP contribution >= 0.6 is 0 Å². The summed E-state index contributed by atoms with van der Waals surface area (Å²) in [5.41, 5.74) is 7.29. The molecule has 0 amide bonds. The van der Waals surface area contributed by atoms with Crippen molar-refractivity contribution in [3.8, 4) is 0 Å². The number of aromatic nitrogens is 1. The van der Waals surface area contributed by atoms with E-state index in [-0.39, 0.29) is 5.84 Å². The predicted octanol–water partition coefficient (Wildman–Crippen LogP) is 1.15. The summed E-state index contributed by atoms with van der Waals surface area (Å²) in [5.74, 6) is 0.817. The molecule has 0 radical (unpaired) electrons. The Morgan fingerprint density at radius 1 is 1.59 bits per heavy atom. The van der Waals surface area contributed by atoms with E-state index in [0.717, 1.165) is 24.3 Å². The van der Waals surface area contributed by atoms with E-state index < -0.39 is 0 Å². The number of methoxy groups -OCH3 is 1. The van der Waals surface area contributed by atoms with Gasteiger partial charge in [0.25, 0.3) is 0 Å². The van der Waals surface area contributed by atoms with Gasteiger partial charge in [0.05, 0.1) is 5.56 Å². The van der Waals surface area contributed by atoms with Gasteiger partial charge in [0.1, 0.15) is 11.7 Å². The van der Waals surface area contributed by atoms with Crippen molar-refractivity contribution in [2.75, 3.05) is 32.2 Å². The van der Waals surface area contributed by atoms with Crippen LogP contribution in [-0.4, -0.2) is 38.1 Å². The molecule has 1 aromatic rings. The minimum absolute atomic E-state index is 0.0594. The highest BCUT2D eigenvalue weighted by atomic mass is 16.5. The zero-order chi connectivity index (χ0) is 12.8. The van der Waals surface area contributed by atoms with Crippen LogP contribution in [0.15, 0.2) is 12.3 Å². The summed E-state index contributed by atoms with van der Waals surface area (Å²) in [7, 11) is 3.63. The highest BCUT2D eigenvalue weighted by Crippen LogP contribution is 2.19. The molecular weight excluding hydrogens is 216 g/mol. The van der Waals surface area contributed by atoms with Gasteiger partial charge in [-0.3, -0.25) is 5.41 Å². The maximum absolute atomic E-state index is 7.61. The normalized spacial score (nSPS) is 10.3. The molecule has 0 fully saturated rings. The first-order chi connectivity index (χ1) is 8.07. The second-order valence-electron chi connectivity index (χ2n) is 4.01. The molecule has 0 saturated carbocycles. The minimum Gasteiger partial charge on any atom is -0.385 e. The second kappa shape index (κ2) is 6.20. The number of amidine groups is 1. The number of ether oxygens (including phenoxy) is 1. The van der Waals surface area contributed by atoms with Gasteiger partial charge in [-0.1, -0.05) is 0 Å². The molecule has 0 aromatic carbocycles. The summed E-state index contributed by atoms with van der Waals surface area (Å²) >= 11 is 0. The first-order valence-electron chi connectivity index (χ1n) is 5.58. The summed E-state index contributed by atoms with van der Waals surface area (Å²) in [6.07, 6.45) is 2.66. The maximum atomic E-state index is 7.61. The van der Waals surface area contributed by atoms with Crippen LogP contribution in [0.25, 0.3) is 0 Å². The first kappa shape index (κ1) is 13.4. The summed E-state index contributed by atoms with van der Waals surface area (Å²) in [6.45, 7) is 3.47. The molecule has 5 heteroatoms. The van der Waals surface area contributed by atoms with Crippen LogP contribution in [0.5, 0.6) is 0 Å². The van der Waals surface area contributed by atoms with Gasteiger partial charge in [0, 0.05) is 33.5 Å². The molecule has 1 heterocycles. The third-order valence-corrected chi connectivity index (χ3v) is 2.61. The number of anilines is 1. The Kier molecular flexibility index (Phi) is 4.90. The number of nitrogens with one attached hydrogen (secondary N) is 1. The molecule has 3 N–H and O–H groups in total. The Bertz CT molecular complexity index is 392. The van der Waals surface area contributed by atoms with Crippen LogP contribution in [0.3, 0.4) is 0 Å². The predicted molar refractivity (Wildman–Crippen MR) is 69.8 cm³/mol. The second-order valence-corrected chi connectivity index (χ2v) is 4.01. The third-order valence-electron chi connectivity index (χ3n) is 2.61. The summed E-state index contributed by atoms with van der Waals surface area (Å²) in [5, 5.41) is 7.61. The molecule has 0 aliphatic heterocycles. The van der Waals surface area contributed by atoms with E-state index in [9.17, 15) is 0 Å². The molecule has 17 heavy (non-hydrogen) atoms. The molecule has 1 rings (SSSR count). The van der Waals surface area contributed by atoms with Crippen molar-refractivity contribution in [1.29, 1.82) is 5.41 Å². The number of aryl methyl sites for hydroxylation is 1. The highest BCUT2D eigenvalue weighted by molar-refractivity contribution is 6.00. The molecule has 0 atom stereocenters.